The zero-order chi connectivity index (χ0) is 30.2. The second-order valence-corrected chi connectivity index (χ2v) is 12.1. The zero-order valence-corrected chi connectivity index (χ0v) is 24.9. The summed E-state index contributed by atoms with van der Waals surface area (Å²) >= 11 is 0. The number of para-hydroxylation sites is 1. The van der Waals surface area contributed by atoms with E-state index in [1.807, 2.05) is 0 Å². The number of fused-ring (bicyclic) bond motifs is 11. The average Bonchev–Trinajstić information content (AvgIpc) is 3.67. The lowest BCUT2D eigenvalue weighted by molar-refractivity contribution is 0.673. The minimum absolute atomic E-state index is 0.899. The highest BCUT2D eigenvalue weighted by molar-refractivity contribution is 6.31. The Morgan fingerprint density at radius 3 is 1.57 bits per heavy atom. The van der Waals surface area contributed by atoms with Gasteiger partial charge in [-0.25, -0.2) is 0 Å². The molecule has 0 amide bonds. The quantitative estimate of drug-likeness (QED) is 0.189. The van der Waals surface area contributed by atoms with Crippen LogP contribution < -0.4 is 0 Å². The third kappa shape index (κ3) is 3.65. The lowest BCUT2D eigenvalue weighted by atomic mass is 9.96. The van der Waals surface area contributed by atoms with Crippen LogP contribution in [0.1, 0.15) is 0 Å². The van der Waals surface area contributed by atoms with Crippen molar-refractivity contribution in [2.24, 2.45) is 0 Å². The molecule has 2 heterocycles. The predicted octanol–water partition coefficient (Wildman–Crippen LogP) is 12.3. The van der Waals surface area contributed by atoms with Crippen LogP contribution >= 0.6 is 0 Å². The number of furan rings is 1. The van der Waals surface area contributed by atoms with Crippen LogP contribution in [-0.4, -0.2) is 4.57 Å². The highest BCUT2D eigenvalue weighted by atomic mass is 16.3. The molecule has 0 aliphatic carbocycles. The van der Waals surface area contributed by atoms with Crippen molar-refractivity contribution in [2.45, 2.75) is 0 Å². The van der Waals surface area contributed by atoms with E-state index in [0.717, 1.165) is 33.1 Å². The third-order valence-electron chi connectivity index (χ3n) is 9.53. The van der Waals surface area contributed by atoms with Crippen molar-refractivity contribution in [2.75, 3.05) is 0 Å². The Hall–Kier alpha value is -6.12. The monoisotopic (exact) mass is 585 g/mol. The largest absolute Gasteiger partial charge is 0.455 e. The van der Waals surface area contributed by atoms with E-state index in [-0.39, 0.29) is 0 Å². The minimum atomic E-state index is 0.899. The molecule has 10 aromatic rings. The summed E-state index contributed by atoms with van der Waals surface area (Å²) in [6.07, 6.45) is 0. The Kier molecular flexibility index (Phi) is 5.31. The maximum atomic E-state index is 6.84. The van der Waals surface area contributed by atoms with Gasteiger partial charge in [-0.1, -0.05) is 127 Å². The molecule has 46 heavy (non-hydrogen) atoms. The Morgan fingerprint density at radius 1 is 0.348 bits per heavy atom. The summed E-state index contributed by atoms with van der Waals surface area (Å²) in [6.45, 7) is 0. The molecule has 0 aliphatic rings. The zero-order valence-electron chi connectivity index (χ0n) is 24.9. The fourth-order valence-electron chi connectivity index (χ4n) is 7.48. The highest BCUT2D eigenvalue weighted by Crippen LogP contribution is 2.44. The van der Waals surface area contributed by atoms with Crippen LogP contribution in [-0.2, 0) is 0 Å². The fourth-order valence-corrected chi connectivity index (χ4v) is 7.48. The van der Waals surface area contributed by atoms with Gasteiger partial charge in [-0.15, -0.1) is 0 Å². The van der Waals surface area contributed by atoms with Gasteiger partial charge in [0.15, 0.2) is 0 Å². The van der Waals surface area contributed by atoms with Crippen molar-refractivity contribution in [1.29, 1.82) is 0 Å². The van der Waals surface area contributed by atoms with E-state index in [4.69, 9.17) is 4.42 Å². The minimum Gasteiger partial charge on any atom is -0.455 e. The summed E-state index contributed by atoms with van der Waals surface area (Å²) < 4.78 is 9.25. The predicted molar refractivity (Wildman–Crippen MR) is 194 cm³/mol. The number of hydrogen-bond donors (Lipinski definition) is 0. The average molecular weight is 586 g/mol. The molecule has 0 saturated carbocycles. The van der Waals surface area contributed by atoms with Crippen LogP contribution in [0.4, 0.5) is 0 Å². The van der Waals surface area contributed by atoms with Crippen LogP contribution in [0.3, 0.4) is 0 Å². The molecule has 0 fully saturated rings. The molecule has 0 radical (unpaired) electrons. The Morgan fingerprint density at radius 2 is 0.891 bits per heavy atom. The molecule has 0 bridgehead atoms. The van der Waals surface area contributed by atoms with E-state index < -0.39 is 0 Å². The number of nitrogens with zero attached hydrogens (tertiary/aromatic N) is 1. The molecule has 0 unspecified atom stereocenters. The molecule has 2 aromatic heterocycles. The van der Waals surface area contributed by atoms with Gasteiger partial charge in [-0.05, 0) is 68.7 Å². The van der Waals surface area contributed by atoms with E-state index in [1.54, 1.807) is 0 Å². The van der Waals surface area contributed by atoms with Gasteiger partial charge >= 0.3 is 0 Å². The molecule has 0 saturated heterocycles. The number of hydrogen-bond acceptors (Lipinski definition) is 1. The molecule has 2 nitrogen and oxygen atoms in total. The number of aromatic nitrogens is 1. The molecule has 214 valence electrons. The third-order valence-corrected chi connectivity index (χ3v) is 9.53. The van der Waals surface area contributed by atoms with Crippen molar-refractivity contribution in [3.05, 3.63) is 164 Å². The Balaban J connectivity index is 1.33. The smallest absolute Gasteiger partial charge is 0.143 e. The Labute approximate surface area is 265 Å². The molecule has 10 rings (SSSR count). The molecule has 8 aromatic carbocycles. The summed E-state index contributed by atoms with van der Waals surface area (Å²) in [6, 6.07) is 58.9. The molecule has 0 atom stereocenters. The van der Waals surface area contributed by atoms with E-state index in [0.29, 0.717) is 0 Å². The first-order chi connectivity index (χ1) is 22.8. The van der Waals surface area contributed by atoms with Gasteiger partial charge in [-0.2, -0.15) is 0 Å². The van der Waals surface area contributed by atoms with Crippen LogP contribution in [0.2, 0.25) is 0 Å². The second-order valence-electron chi connectivity index (χ2n) is 12.1. The highest BCUT2D eigenvalue weighted by Gasteiger charge is 2.20. The molecular weight excluding hydrogens is 558 g/mol. The topological polar surface area (TPSA) is 18.1 Å². The van der Waals surface area contributed by atoms with Gasteiger partial charge in [-0.3, -0.25) is 0 Å². The second kappa shape index (κ2) is 9.69. The lowest BCUT2D eigenvalue weighted by Crippen LogP contribution is -1.96. The summed E-state index contributed by atoms with van der Waals surface area (Å²) in [7, 11) is 0. The van der Waals surface area contributed by atoms with Crippen LogP contribution in [0, 0.1) is 0 Å². The van der Waals surface area contributed by atoms with Crippen molar-refractivity contribution in [1.82, 2.24) is 4.57 Å². The van der Waals surface area contributed by atoms with Crippen molar-refractivity contribution < 1.29 is 4.42 Å². The summed E-state index contributed by atoms with van der Waals surface area (Å²) in [4.78, 5) is 0. The molecular formula is C44H27NO. The summed E-state index contributed by atoms with van der Waals surface area (Å²) in [5.74, 6) is 0. The van der Waals surface area contributed by atoms with E-state index in [1.165, 1.54) is 60.1 Å². The standard InChI is InChI=1S/C44H27NO/c1-3-13-28(14-4-1)30-23-31(29-15-5-2-6-16-29)25-32(24-30)45-40-22-12-11-19-35(40)38-26-39-42(27-41(38)45)46-44-37-21-10-8-18-34(37)33-17-7-9-20-36(33)43(39)44/h1-27H. The van der Waals surface area contributed by atoms with Crippen LogP contribution in [0.15, 0.2) is 168 Å². The van der Waals surface area contributed by atoms with Crippen molar-refractivity contribution >= 4 is 65.3 Å². The van der Waals surface area contributed by atoms with E-state index >= 15 is 0 Å². The Bertz CT molecular complexity index is 2730. The molecule has 0 N–H and O–H groups in total. The van der Waals surface area contributed by atoms with Gasteiger partial charge in [0.1, 0.15) is 11.2 Å². The maximum Gasteiger partial charge on any atom is 0.143 e. The maximum absolute atomic E-state index is 6.84. The number of rotatable bonds is 3. The SMILES string of the molecule is c1ccc(-c2cc(-c3ccccc3)cc(-n3c4ccccc4c4cc5c(cc43)oc3c4ccccc4c4ccccc4c53)c2)cc1. The number of benzene rings is 8. The lowest BCUT2D eigenvalue weighted by Gasteiger charge is -2.14. The molecule has 2 heteroatoms. The summed E-state index contributed by atoms with van der Waals surface area (Å²) in [5.41, 5.74) is 10.0. The van der Waals surface area contributed by atoms with Gasteiger partial charge in [0.05, 0.1) is 11.0 Å². The first-order valence-corrected chi connectivity index (χ1v) is 15.8. The normalized spacial score (nSPS) is 11.9. The van der Waals surface area contributed by atoms with Gasteiger partial charge in [0.25, 0.3) is 0 Å². The first kappa shape index (κ1) is 25.2. The van der Waals surface area contributed by atoms with Gasteiger partial charge in [0, 0.05) is 38.7 Å². The van der Waals surface area contributed by atoms with Gasteiger partial charge in [0.2, 0.25) is 0 Å². The van der Waals surface area contributed by atoms with Crippen molar-refractivity contribution in [3.8, 4) is 27.9 Å². The van der Waals surface area contributed by atoms with Gasteiger partial charge < -0.3 is 8.98 Å². The van der Waals surface area contributed by atoms with Crippen molar-refractivity contribution in [3.63, 3.8) is 0 Å². The van der Waals surface area contributed by atoms with Crippen LogP contribution in [0.5, 0.6) is 0 Å². The van der Waals surface area contributed by atoms with E-state index in [2.05, 4.69) is 168 Å². The fraction of sp³-hybridized carbons (Fsp3) is 0. The van der Waals surface area contributed by atoms with Crippen LogP contribution in [0.25, 0.3) is 93.2 Å². The molecule has 0 spiro atoms. The summed E-state index contributed by atoms with van der Waals surface area (Å²) in [5, 5.41) is 9.61. The first-order valence-electron chi connectivity index (χ1n) is 15.8. The molecule has 0 aliphatic heterocycles. The van der Waals surface area contributed by atoms with E-state index in [9.17, 15) is 0 Å².